The number of phenols is 1. The van der Waals surface area contributed by atoms with E-state index in [4.69, 9.17) is 0 Å². The van der Waals surface area contributed by atoms with E-state index < -0.39 is 0 Å². The van der Waals surface area contributed by atoms with Gasteiger partial charge in [0.15, 0.2) is 0 Å². The number of aryl methyl sites for hydroxylation is 2. The van der Waals surface area contributed by atoms with Crippen molar-refractivity contribution in [3.63, 3.8) is 0 Å². The second-order valence-corrected chi connectivity index (χ2v) is 7.20. The van der Waals surface area contributed by atoms with Crippen molar-refractivity contribution in [1.82, 2.24) is 15.2 Å². The van der Waals surface area contributed by atoms with Crippen molar-refractivity contribution in [3.8, 4) is 5.75 Å². The Morgan fingerprint density at radius 1 is 1.10 bits per heavy atom. The lowest BCUT2D eigenvalue weighted by molar-refractivity contribution is 0.0955. The molecule has 3 aromatic carbocycles. The van der Waals surface area contributed by atoms with Crippen LogP contribution in [0.1, 0.15) is 32.9 Å². The van der Waals surface area contributed by atoms with Gasteiger partial charge in [-0.1, -0.05) is 42.5 Å². The molecule has 0 aliphatic rings. The van der Waals surface area contributed by atoms with Crippen molar-refractivity contribution in [2.45, 2.75) is 20.4 Å². The number of hydrogen-bond acceptors (Lipinski definition) is 4. The molecule has 0 unspecified atom stereocenters. The fourth-order valence-electron chi connectivity index (χ4n) is 3.41. The molecule has 4 rings (SSSR count). The van der Waals surface area contributed by atoms with Crippen LogP contribution in [-0.4, -0.2) is 27.0 Å². The first-order valence-electron chi connectivity index (χ1n) is 9.65. The molecular formula is C24H22N4O2. The number of phenolic OH excluding ortho intramolecular Hbond substituents is 1. The van der Waals surface area contributed by atoms with Gasteiger partial charge in [0.25, 0.3) is 5.91 Å². The third-order valence-electron chi connectivity index (χ3n) is 4.96. The molecule has 0 aliphatic heterocycles. The lowest BCUT2D eigenvalue weighted by Crippen LogP contribution is -2.17. The highest BCUT2D eigenvalue weighted by molar-refractivity contribution is 6.03. The number of carbonyl (C=O) groups excluding carboxylic acids is 1. The number of aromatic hydroxyl groups is 1. The Kier molecular flexibility index (Phi) is 5.30. The molecule has 2 N–H and O–H groups in total. The number of amides is 1. The summed E-state index contributed by atoms with van der Waals surface area (Å²) in [6, 6.07) is 20.5. The Labute approximate surface area is 174 Å². The molecule has 1 aromatic heterocycles. The summed E-state index contributed by atoms with van der Waals surface area (Å²) >= 11 is 0. The van der Waals surface area contributed by atoms with Crippen molar-refractivity contribution in [3.05, 3.63) is 94.8 Å². The smallest absolute Gasteiger partial charge is 0.271 e. The second-order valence-electron chi connectivity index (χ2n) is 7.20. The van der Waals surface area contributed by atoms with Gasteiger partial charge in [-0.3, -0.25) is 9.48 Å². The Morgan fingerprint density at radius 3 is 2.60 bits per heavy atom. The van der Waals surface area contributed by atoms with Gasteiger partial charge in [0.05, 0.1) is 18.5 Å². The molecule has 0 saturated carbocycles. The summed E-state index contributed by atoms with van der Waals surface area (Å²) in [7, 11) is 0. The van der Waals surface area contributed by atoms with Crippen molar-refractivity contribution in [2.75, 3.05) is 0 Å². The van der Waals surface area contributed by atoms with E-state index in [1.807, 2.05) is 67.1 Å². The maximum Gasteiger partial charge on any atom is 0.271 e. The topological polar surface area (TPSA) is 79.5 Å². The average molecular weight is 398 g/mol. The van der Waals surface area contributed by atoms with Gasteiger partial charge >= 0.3 is 0 Å². The van der Waals surface area contributed by atoms with E-state index in [0.29, 0.717) is 17.7 Å². The number of hydrogen-bond donors (Lipinski definition) is 2. The molecule has 0 atom stereocenters. The normalized spacial score (nSPS) is 11.3. The first-order chi connectivity index (χ1) is 14.5. The standard InChI is InChI=1S/C24H22N4O2/c1-16-13-17(2)28(27-16)15-18-7-9-20(10-8-18)24(30)26-25-14-22-21-6-4-3-5-19(21)11-12-23(22)29/h3-14,29H,15H2,1-2H3,(H,26,30)/b25-14-. The van der Waals surface area contributed by atoms with Gasteiger partial charge in [0, 0.05) is 16.8 Å². The van der Waals surface area contributed by atoms with Crippen LogP contribution in [0.5, 0.6) is 5.75 Å². The maximum absolute atomic E-state index is 12.4. The predicted molar refractivity (Wildman–Crippen MR) is 118 cm³/mol. The monoisotopic (exact) mass is 398 g/mol. The summed E-state index contributed by atoms with van der Waals surface area (Å²) < 4.78 is 1.94. The molecule has 0 saturated heterocycles. The summed E-state index contributed by atoms with van der Waals surface area (Å²) in [4.78, 5) is 12.4. The number of benzene rings is 3. The number of hydrazone groups is 1. The Hall–Kier alpha value is -3.93. The second kappa shape index (κ2) is 8.21. The van der Waals surface area contributed by atoms with E-state index in [2.05, 4.69) is 15.6 Å². The van der Waals surface area contributed by atoms with Crippen LogP contribution in [0, 0.1) is 13.8 Å². The van der Waals surface area contributed by atoms with E-state index in [-0.39, 0.29) is 11.7 Å². The molecule has 4 aromatic rings. The van der Waals surface area contributed by atoms with Gasteiger partial charge in [-0.05, 0) is 54.4 Å². The molecule has 0 radical (unpaired) electrons. The first-order valence-corrected chi connectivity index (χ1v) is 9.65. The molecule has 30 heavy (non-hydrogen) atoms. The van der Waals surface area contributed by atoms with Crippen molar-refractivity contribution >= 4 is 22.9 Å². The van der Waals surface area contributed by atoms with Gasteiger partial charge in [-0.15, -0.1) is 0 Å². The molecule has 6 heteroatoms. The highest BCUT2D eigenvalue weighted by Gasteiger charge is 2.07. The molecule has 0 aliphatic carbocycles. The Morgan fingerprint density at radius 2 is 1.87 bits per heavy atom. The number of nitrogens with one attached hydrogen (secondary N) is 1. The largest absolute Gasteiger partial charge is 0.507 e. The summed E-state index contributed by atoms with van der Waals surface area (Å²) in [5.41, 5.74) is 6.73. The van der Waals surface area contributed by atoms with Crippen LogP contribution in [0.15, 0.2) is 71.8 Å². The number of aromatic nitrogens is 2. The van der Waals surface area contributed by atoms with Gasteiger partial charge in [0.1, 0.15) is 5.75 Å². The molecule has 1 heterocycles. The minimum Gasteiger partial charge on any atom is -0.507 e. The van der Waals surface area contributed by atoms with E-state index in [1.165, 1.54) is 6.21 Å². The molecule has 1 amide bonds. The van der Waals surface area contributed by atoms with E-state index in [1.54, 1.807) is 18.2 Å². The molecule has 150 valence electrons. The summed E-state index contributed by atoms with van der Waals surface area (Å²) in [5.74, 6) is -0.205. The van der Waals surface area contributed by atoms with Crippen LogP contribution in [0.4, 0.5) is 0 Å². The number of fused-ring (bicyclic) bond motifs is 1. The van der Waals surface area contributed by atoms with Crippen molar-refractivity contribution < 1.29 is 9.90 Å². The summed E-state index contributed by atoms with van der Waals surface area (Å²) in [6.45, 7) is 4.64. The van der Waals surface area contributed by atoms with Crippen LogP contribution < -0.4 is 5.43 Å². The highest BCUT2D eigenvalue weighted by atomic mass is 16.3. The summed E-state index contributed by atoms with van der Waals surface area (Å²) in [6.07, 6.45) is 1.47. The molecule has 6 nitrogen and oxygen atoms in total. The van der Waals surface area contributed by atoms with Crippen molar-refractivity contribution in [1.29, 1.82) is 0 Å². The number of nitrogens with zero attached hydrogens (tertiary/aromatic N) is 3. The number of carbonyl (C=O) groups is 1. The van der Waals surface area contributed by atoms with E-state index in [9.17, 15) is 9.90 Å². The third-order valence-corrected chi connectivity index (χ3v) is 4.96. The van der Waals surface area contributed by atoms with Gasteiger partial charge in [-0.2, -0.15) is 10.2 Å². The molecule has 0 fully saturated rings. The SMILES string of the molecule is Cc1cc(C)n(Cc2ccc(C(=O)N/N=C\c3c(O)ccc4ccccc34)cc2)n1. The number of rotatable bonds is 5. The van der Waals surface area contributed by atoms with Crippen LogP contribution in [0.25, 0.3) is 10.8 Å². The van der Waals surface area contributed by atoms with Crippen LogP contribution >= 0.6 is 0 Å². The maximum atomic E-state index is 12.4. The van der Waals surface area contributed by atoms with Gasteiger partial charge in [-0.25, -0.2) is 5.43 Å². The highest BCUT2D eigenvalue weighted by Crippen LogP contribution is 2.25. The zero-order valence-electron chi connectivity index (χ0n) is 16.8. The third kappa shape index (κ3) is 4.07. The molecular weight excluding hydrogens is 376 g/mol. The van der Waals surface area contributed by atoms with E-state index >= 15 is 0 Å². The van der Waals surface area contributed by atoms with Crippen LogP contribution in [0.3, 0.4) is 0 Å². The minimum atomic E-state index is -0.316. The first kappa shape index (κ1) is 19.4. The lowest BCUT2D eigenvalue weighted by atomic mass is 10.0. The predicted octanol–water partition coefficient (Wildman–Crippen LogP) is 4.17. The van der Waals surface area contributed by atoms with Gasteiger partial charge in [0.2, 0.25) is 0 Å². The van der Waals surface area contributed by atoms with Crippen LogP contribution in [0.2, 0.25) is 0 Å². The fourth-order valence-corrected chi connectivity index (χ4v) is 3.41. The van der Waals surface area contributed by atoms with Gasteiger partial charge < -0.3 is 5.11 Å². The zero-order valence-corrected chi connectivity index (χ0v) is 16.8. The fraction of sp³-hybridized carbons (Fsp3) is 0.125. The van der Waals surface area contributed by atoms with E-state index in [0.717, 1.165) is 27.7 Å². The molecule has 0 spiro atoms. The molecule has 0 bridgehead atoms. The van der Waals surface area contributed by atoms with Crippen molar-refractivity contribution in [2.24, 2.45) is 5.10 Å². The Balaban J connectivity index is 1.44. The zero-order chi connectivity index (χ0) is 21.1. The average Bonchev–Trinajstić information content (AvgIpc) is 3.06. The van der Waals surface area contributed by atoms with Crippen LogP contribution in [-0.2, 0) is 6.54 Å². The lowest BCUT2D eigenvalue weighted by Gasteiger charge is -2.06. The Bertz CT molecular complexity index is 1240. The summed E-state index contributed by atoms with van der Waals surface area (Å²) in [5, 5.41) is 20.5. The quantitative estimate of drug-likeness (QED) is 0.391. The minimum absolute atomic E-state index is 0.111.